The first-order valence-corrected chi connectivity index (χ1v) is 6.70. The molecular weight excluding hydrogens is 232 g/mol. The van der Waals surface area contributed by atoms with Crippen molar-refractivity contribution >= 4 is 11.8 Å². The summed E-state index contributed by atoms with van der Waals surface area (Å²) in [7, 11) is 0. The van der Waals surface area contributed by atoms with Crippen LogP contribution in [0.2, 0.25) is 0 Å². The number of carbonyl (C=O) groups excluding carboxylic acids is 2. The van der Waals surface area contributed by atoms with E-state index in [2.05, 4.69) is 11.8 Å². The van der Waals surface area contributed by atoms with Gasteiger partial charge in [-0.3, -0.25) is 14.5 Å². The monoisotopic (exact) mass is 254 g/mol. The van der Waals surface area contributed by atoms with Gasteiger partial charge in [-0.15, -0.1) is 0 Å². The standard InChI is InChI=1S/C13H22N2O3/c1-13(10-16)5-2-6-14(9-13)7-8-15-11(17)3-4-12(15)18/h16H,2-10H2,1H3. The van der Waals surface area contributed by atoms with E-state index in [4.69, 9.17) is 0 Å². The van der Waals surface area contributed by atoms with E-state index in [1.165, 1.54) is 4.90 Å². The second-order valence-corrected chi connectivity index (χ2v) is 5.79. The third kappa shape index (κ3) is 2.90. The van der Waals surface area contributed by atoms with Crippen LogP contribution in [0.25, 0.3) is 0 Å². The summed E-state index contributed by atoms with van der Waals surface area (Å²) >= 11 is 0. The molecule has 5 nitrogen and oxygen atoms in total. The Morgan fingerprint density at radius 2 is 1.89 bits per heavy atom. The zero-order valence-corrected chi connectivity index (χ0v) is 11.0. The Bertz CT molecular complexity index is 329. The largest absolute Gasteiger partial charge is 0.396 e. The van der Waals surface area contributed by atoms with Gasteiger partial charge in [-0.25, -0.2) is 0 Å². The van der Waals surface area contributed by atoms with Crippen molar-refractivity contribution in [2.45, 2.75) is 32.6 Å². The molecule has 1 unspecified atom stereocenters. The molecule has 2 heterocycles. The van der Waals surface area contributed by atoms with Crippen molar-refractivity contribution in [2.75, 3.05) is 32.8 Å². The van der Waals surface area contributed by atoms with Crippen LogP contribution in [0.5, 0.6) is 0 Å². The Morgan fingerprint density at radius 3 is 2.50 bits per heavy atom. The third-order valence-corrected chi connectivity index (χ3v) is 4.04. The number of carbonyl (C=O) groups is 2. The maximum atomic E-state index is 11.5. The summed E-state index contributed by atoms with van der Waals surface area (Å²) in [6, 6.07) is 0. The van der Waals surface area contributed by atoms with Crippen molar-refractivity contribution in [3.8, 4) is 0 Å². The molecule has 0 bridgehead atoms. The van der Waals surface area contributed by atoms with E-state index in [0.717, 1.165) is 32.5 Å². The number of hydrogen-bond acceptors (Lipinski definition) is 4. The van der Waals surface area contributed by atoms with Gasteiger partial charge in [0.1, 0.15) is 0 Å². The van der Waals surface area contributed by atoms with Gasteiger partial charge in [0, 0.05) is 44.5 Å². The summed E-state index contributed by atoms with van der Waals surface area (Å²) in [6.45, 7) is 5.36. The van der Waals surface area contributed by atoms with Crippen molar-refractivity contribution in [3.63, 3.8) is 0 Å². The first kappa shape index (κ1) is 13.5. The number of piperidine rings is 1. The first-order chi connectivity index (χ1) is 8.54. The molecule has 5 heteroatoms. The predicted molar refractivity (Wildman–Crippen MR) is 66.8 cm³/mol. The summed E-state index contributed by atoms with van der Waals surface area (Å²) in [5.41, 5.74) is -0.0305. The van der Waals surface area contributed by atoms with Crippen molar-refractivity contribution < 1.29 is 14.7 Å². The lowest BCUT2D eigenvalue weighted by atomic mass is 9.83. The van der Waals surface area contributed by atoms with Crippen LogP contribution >= 0.6 is 0 Å². The molecule has 0 aromatic rings. The molecule has 2 fully saturated rings. The minimum atomic E-state index is -0.0399. The molecule has 2 rings (SSSR count). The molecule has 1 N–H and O–H groups in total. The SMILES string of the molecule is CC1(CO)CCCN(CCN2C(=O)CCC2=O)C1. The maximum absolute atomic E-state index is 11.5. The molecule has 0 aliphatic carbocycles. The Hall–Kier alpha value is -0.940. The second kappa shape index (κ2) is 5.36. The molecule has 2 saturated heterocycles. The summed E-state index contributed by atoms with van der Waals surface area (Å²) in [4.78, 5) is 26.6. The number of nitrogens with zero attached hydrogens (tertiary/aromatic N) is 2. The normalized spacial score (nSPS) is 30.2. The second-order valence-electron chi connectivity index (χ2n) is 5.79. The predicted octanol–water partition coefficient (Wildman–Crippen LogP) is 0.230. The summed E-state index contributed by atoms with van der Waals surface area (Å²) in [5, 5.41) is 9.39. The minimum absolute atomic E-state index is 0.0305. The number of rotatable bonds is 4. The Kier molecular flexibility index (Phi) is 4.02. The lowest BCUT2D eigenvalue weighted by Gasteiger charge is -2.39. The molecule has 0 aromatic carbocycles. The number of imide groups is 1. The van der Waals surface area contributed by atoms with E-state index in [9.17, 15) is 14.7 Å². The maximum Gasteiger partial charge on any atom is 0.229 e. The molecule has 0 radical (unpaired) electrons. The highest BCUT2D eigenvalue weighted by molar-refractivity contribution is 6.01. The van der Waals surface area contributed by atoms with Crippen LogP contribution in [-0.4, -0.2) is 59.5 Å². The molecule has 1 atom stereocenters. The number of likely N-dealkylation sites (tertiary alicyclic amines) is 2. The fraction of sp³-hybridized carbons (Fsp3) is 0.846. The van der Waals surface area contributed by atoms with Crippen LogP contribution in [0.1, 0.15) is 32.6 Å². The van der Waals surface area contributed by atoms with Crippen molar-refractivity contribution in [1.82, 2.24) is 9.80 Å². The minimum Gasteiger partial charge on any atom is -0.396 e. The van der Waals surface area contributed by atoms with Gasteiger partial charge in [0.15, 0.2) is 0 Å². The first-order valence-electron chi connectivity index (χ1n) is 6.70. The smallest absolute Gasteiger partial charge is 0.229 e. The Labute approximate surface area is 108 Å². The van der Waals surface area contributed by atoms with Crippen molar-refractivity contribution in [2.24, 2.45) is 5.41 Å². The van der Waals surface area contributed by atoms with Gasteiger partial charge in [-0.2, -0.15) is 0 Å². The molecule has 0 saturated carbocycles. The van der Waals surface area contributed by atoms with E-state index < -0.39 is 0 Å². The van der Waals surface area contributed by atoms with Crippen LogP contribution < -0.4 is 0 Å². The lowest BCUT2D eigenvalue weighted by molar-refractivity contribution is -0.138. The number of aliphatic hydroxyl groups is 1. The average molecular weight is 254 g/mol. The van der Waals surface area contributed by atoms with E-state index >= 15 is 0 Å². The fourth-order valence-electron chi connectivity index (χ4n) is 2.86. The van der Waals surface area contributed by atoms with Gasteiger partial charge in [0.25, 0.3) is 0 Å². The van der Waals surface area contributed by atoms with Gasteiger partial charge in [-0.1, -0.05) is 6.92 Å². The summed E-state index contributed by atoms with van der Waals surface area (Å²) in [6.07, 6.45) is 2.85. The molecule has 2 aliphatic heterocycles. The molecular formula is C13H22N2O3. The molecule has 2 amide bonds. The number of aliphatic hydroxyl groups excluding tert-OH is 1. The average Bonchev–Trinajstić information content (AvgIpc) is 2.67. The van der Waals surface area contributed by atoms with Gasteiger partial charge < -0.3 is 10.0 Å². The number of amides is 2. The summed E-state index contributed by atoms with van der Waals surface area (Å²) in [5.74, 6) is -0.0798. The van der Waals surface area contributed by atoms with Gasteiger partial charge in [-0.05, 0) is 19.4 Å². The Balaban J connectivity index is 1.83. The quantitative estimate of drug-likeness (QED) is 0.730. The molecule has 18 heavy (non-hydrogen) atoms. The van der Waals surface area contributed by atoms with Gasteiger partial charge >= 0.3 is 0 Å². The summed E-state index contributed by atoms with van der Waals surface area (Å²) < 4.78 is 0. The van der Waals surface area contributed by atoms with Crippen LogP contribution in [0.4, 0.5) is 0 Å². The lowest BCUT2D eigenvalue weighted by Crippen LogP contribution is -2.46. The van der Waals surface area contributed by atoms with Crippen LogP contribution in [0.3, 0.4) is 0 Å². The zero-order valence-electron chi connectivity index (χ0n) is 11.0. The highest BCUT2D eigenvalue weighted by Gasteiger charge is 2.32. The van der Waals surface area contributed by atoms with E-state index in [1.54, 1.807) is 0 Å². The molecule has 2 aliphatic rings. The van der Waals surface area contributed by atoms with Gasteiger partial charge in [0.2, 0.25) is 11.8 Å². The molecule has 0 spiro atoms. The highest BCUT2D eigenvalue weighted by atomic mass is 16.3. The van der Waals surface area contributed by atoms with Gasteiger partial charge in [0.05, 0.1) is 0 Å². The zero-order chi connectivity index (χ0) is 13.2. The topological polar surface area (TPSA) is 60.9 Å². The molecule has 102 valence electrons. The number of hydrogen-bond donors (Lipinski definition) is 1. The Morgan fingerprint density at radius 1 is 1.22 bits per heavy atom. The van der Waals surface area contributed by atoms with Crippen molar-refractivity contribution in [1.29, 1.82) is 0 Å². The van der Waals surface area contributed by atoms with E-state index in [-0.39, 0.29) is 23.8 Å². The van der Waals surface area contributed by atoms with E-state index in [0.29, 0.717) is 19.4 Å². The van der Waals surface area contributed by atoms with Crippen LogP contribution in [-0.2, 0) is 9.59 Å². The molecule has 0 aromatic heterocycles. The van der Waals surface area contributed by atoms with Crippen molar-refractivity contribution in [3.05, 3.63) is 0 Å². The van der Waals surface area contributed by atoms with Crippen LogP contribution in [0.15, 0.2) is 0 Å². The van der Waals surface area contributed by atoms with Crippen LogP contribution in [0, 0.1) is 5.41 Å². The highest BCUT2D eigenvalue weighted by Crippen LogP contribution is 2.28. The van der Waals surface area contributed by atoms with E-state index in [1.807, 2.05) is 0 Å². The third-order valence-electron chi connectivity index (χ3n) is 4.04. The fourth-order valence-corrected chi connectivity index (χ4v) is 2.86.